The van der Waals surface area contributed by atoms with Crippen molar-refractivity contribution in [2.75, 3.05) is 36.1 Å². The zero-order valence-electron chi connectivity index (χ0n) is 54.9. The lowest BCUT2D eigenvalue weighted by atomic mass is 9.82. The number of halogens is 8. The van der Waals surface area contributed by atoms with Crippen molar-refractivity contribution in [1.29, 1.82) is 0 Å². The molecule has 4 atom stereocenters. The van der Waals surface area contributed by atoms with E-state index >= 15 is 0 Å². The Kier molecular flexibility index (Phi) is 24.1. The number of carboxylic acid groups (broad SMARTS) is 1. The van der Waals surface area contributed by atoms with Gasteiger partial charge in [0, 0.05) is 49.4 Å². The summed E-state index contributed by atoms with van der Waals surface area (Å²) >= 11 is 0. The fourth-order valence-electron chi connectivity index (χ4n) is 11.2. The van der Waals surface area contributed by atoms with Gasteiger partial charge < -0.3 is 39.8 Å². The van der Waals surface area contributed by atoms with Crippen molar-refractivity contribution in [3.05, 3.63) is 189 Å². The lowest BCUT2D eigenvalue weighted by Gasteiger charge is -2.34. The number of amides is 4. The van der Waals surface area contributed by atoms with Crippen LogP contribution in [-0.4, -0.2) is 108 Å². The lowest BCUT2D eigenvalue weighted by Crippen LogP contribution is -2.52. The number of hydrogen-bond acceptors (Lipinski definition) is 13. The maximum Gasteiger partial charge on any atom is 0.308 e. The number of carbonyl (C=O) groups excluding carboxylic acids is 9. The van der Waals surface area contributed by atoms with Crippen LogP contribution in [0, 0.1) is 58.4 Å². The summed E-state index contributed by atoms with van der Waals surface area (Å²) in [5.41, 5.74) is 3.54. The molecule has 0 spiro atoms. The quantitative estimate of drug-likeness (QED) is 0.0248. The molecule has 520 valence electrons. The number of ketones is 4. The number of rotatable bonds is 22. The highest BCUT2D eigenvalue weighted by Gasteiger charge is 2.40. The summed E-state index contributed by atoms with van der Waals surface area (Å²) in [5, 5.41) is 14.1. The van der Waals surface area contributed by atoms with Crippen LogP contribution in [0.2, 0.25) is 0 Å². The van der Waals surface area contributed by atoms with Crippen LogP contribution in [-0.2, 0) is 89.2 Å². The van der Waals surface area contributed by atoms with Gasteiger partial charge in [0.05, 0.1) is 24.7 Å². The summed E-state index contributed by atoms with van der Waals surface area (Å²) in [4.78, 5) is 134. The molecule has 6 aromatic rings. The predicted octanol–water partition coefficient (Wildman–Crippen LogP) is 10.2. The molecule has 2 heterocycles. The van der Waals surface area contributed by atoms with E-state index in [2.05, 4.69) is 15.4 Å². The zero-order chi connectivity index (χ0) is 72.5. The van der Waals surface area contributed by atoms with Gasteiger partial charge in [0.2, 0.25) is 46.6 Å². The molecule has 0 bridgehead atoms. The van der Waals surface area contributed by atoms with Gasteiger partial charge in [-0.1, -0.05) is 126 Å². The zero-order valence-corrected chi connectivity index (χ0v) is 54.9. The molecule has 2 aliphatic heterocycles. The summed E-state index contributed by atoms with van der Waals surface area (Å²) < 4.78 is 126. The van der Waals surface area contributed by atoms with E-state index in [1.807, 2.05) is 65.8 Å². The average molecular weight is 1370 g/mol. The molecule has 18 nitrogen and oxygen atoms in total. The molecule has 0 saturated heterocycles. The molecule has 0 aromatic heterocycles. The first-order chi connectivity index (χ1) is 45.8. The number of ether oxygens (including phenoxy) is 3. The van der Waals surface area contributed by atoms with Crippen molar-refractivity contribution in [3.63, 3.8) is 0 Å². The van der Waals surface area contributed by atoms with Crippen LogP contribution in [0.1, 0.15) is 109 Å². The number of nitrogens with one attached hydrogen (secondary N) is 2. The number of carbonyl (C=O) groups is 10. The summed E-state index contributed by atoms with van der Waals surface area (Å²) in [6, 6.07) is 24.4. The Labute approximate surface area is 559 Å². The molecule has 0 radical (unpaired) electrons. The second-order valence-electron chi connectivity index (χ2n) is 26.5. The normalized spacial score (nSPS) is 15.0. The van der Waals surface area contributed by atoms with E-state index < -0.39 is 172 Å². The van der Waals surface area contributed by atoms with E-state index in [-0.39, 0.29) is 61.7 Å². The summed E-state index contributed by atoms with van der Waals surface area (Å²) in [6.07, 6.45) is -1.90. The largest absolute Gasteiger partial charge is 0.481 e. The standard InChI is InChI=1S/C38H40F4N2O7.C34H32F4N2O7/c1-37(2,3)24-13-9-7-11-21(24)16-29(45)36(49)44-19-23(15-22-12-8-10-14-28(22)44)35(48)43-27(18-31(47)51-38(4,5)6)30(46)20-50-34-32(41)25(39)17-26(40)33(34)42;1-34(2,3)21-10-6-4-8-18(21)13-26(41)33(46)40-16-20(12-19-9-5-7-11-25(19)40)32(45)39-24(15-28(43)44)27(42)17-47-31-29(37)22(35)14-23(36)30(31)38/h7-14,17,23,27H,15-16,18-20H2,1-6H3,(H,43,48);4-11,14,20,24H,12-13,15-17H2,1-3H3,(H,39,45)(H,43,44)/t23-,27-;20-,24-/m00/s1. The van der Waals surface area contributed by atoms with Crippen LogP contribution >= 0.6 is 0 Å². The predicted molar refractivity (Wildman–Crippen MR) is 340 cm³/mol. The fraction of sp³-hybridized carbons (Fsp3) is 0.361. The number of aliphatic carboxylic acids is 1. The molecule has 8 rings (SSSR count). The van der Waals surface area contributed by atoms with Gasteiger partial charge in [-0.25, -0.2) is 17.6 Å². The average Bonchev–Trinajstić information content (AvgIpc) is 0.788. The highest BCUT2D eigenvalue weighted by atomic mass is 19.2. The number of nitrogens with zero attached hydrogens (tertiary/aromatic N) is 2. The Balaban J connectivity index is 0.000000277. The third kappa shape index (κ3) is 18.9. The first-order valence-electron chi connectivity index (χ1n) is 30.9. The van der Waals surface area contributed by atoms with Gasteiger partial charge in [-0.2, -0.15) is 17.6 Å². The third-order valence-corrected chi connectivity index (χ3v) is 15.8. The Morgan fingerprint density at radius 1 is 0.490 bits per heavy atom. The number of carboxylic acids is 1. The molecule has 0 fully saturated rings. The monoisotopic (exact) mass is 1370 g/mol. The molecule has 98 heavy (non-hydrogen) atoms. The van der Waals surface area contributed by atoms with E-state index in [9.17, 15) is 88.2 Å². The van der Waals surface area contributed by atoms with E-state index in [0.717, 1.165) is 11.1 Å². The van der Waals surface area contributed by atoms with Crippen LogP contribution in [0.4, 0.5) is 46.5 Å². The number of benzene rings is 6. The van der Waals surface area contributed by atoms with Crippen LogP contribution in [0.15, 0.2) is 109 Å². The third-order valence-electron chi connectivity index (χ3n) is 15.8. The van der Waals surface area contributed by atoms with Crippen molar-refractivity contribution in [2.24, 2.45) is 11.8 Å². The molecular weight excluding hydrogens is 1300 g/mol. The second kappa shape index (κ2) is 31.4. The highest BCUT2D eigenvalue weighted by molar-refractivity contribution is 6.42. The van der Waals surface area contributed by atoms with Gasteiger partial charge in [0.25, 0.3) is 11.8 Å². The van der Waals surface area contributed by atoms with Gasteiger partial charge in [-0.15, -0.1) is 0 Å². The summed E-state index contributed by atoms with van der Waals surface area (Å²) in [6.45, 7) is 13.7. The number of Topliss-reactive ketones (excluding diaryl/α,β-unsaturated/α-hetero) is 4. The Morgan fingerprint density at radius 2 is 0.827 bits per heavy atom. The SMILES string of the molecule is CC(C)(C)OC(=O)C[C@H](NC(=O)[C@H]1Cc2ccccc2N(C(=O)C(=O)Cc2ccccc2C(C)(C)C)C1)C(=O)COc1c(F)c(F)cc(F)c1F.CC(C)(C)c1ccccc1CC(=O)C(=O)N1C[C@@H](C(=O)N[C@@H](CC(=O)O)C(=O)COc2c(F)c(F)cc(F)c2F)Cc2ccccc21. The number of anilines is 2. The number of para-hydroxylation sites is 2. The van der Waals surface area contributed by atoms with E-state index in [1.54, 1.807) is 93.6 Å². The number of hydrogen-bond donors (Lipinski definition) is 3. The van der Waals surface area contributed by atoms with Gasteiger partial charge in [0.15, 0.2) is 46.3 Å². The molecule has 26 heteroatoms. The smallest absolute Gasteiger partial charge is 0.308 e. The van der Waals surface area contributed by atoms with E-state index in [1.165, 1.54) is 9.80 Å². The minimum Gasteiger partial charge on any atom is -0.481 e. The first-order valence-corrected chi connectivity index (χ1v) is 30.9. The van der Waals surface area contributed by atoms with Crippen molar-refractivity contribution in [1.82, 2.24) is 10.6 Å². The number of esters is 1. The first kappa shape index (κ1) is 75.2. The van der Waals surface area contributed by atoms with Gasteiger partial charge in [-0.3, -0.25) is 47.9 Å². The second-order valence-corrected chi connectivity index (χ2v) is 26.5. The molecule has 3 N–H and O–H groups in total. The van der Waals surface area contributed by atoms with E-state index in [0.29, 0.717) is 33.6 Å². The Morgan fingerprint density at radius 3 is 1.17 bits per heavy atom. The van der Waals surface area contributed by atoms with Gasteiger partial charge >= 0.3 is 11.9 Å². The Hall–Kier alpha value is -10.1. The Bertz CT molecular complexity index is 4050. The number of fused-ring (bicyclic) bond motifs is 2. The molecule has 4 amide bonds. The van der Waals surface area contributed by atoms with E-state index in [4.69, 9.17) is 9.47 Å². The molecule has 0 aliphatic carbocycles. The molecular formula is C72H72F8N4O14. The van der Waals surface area contributed by atoms with Crippen LogP contribution in [0.3, 0.4) is 0 Å². The van der Waals surface area contributed by atoms with Crippen LogP contribution < -0.4 is 29.9 Å². The van der Waals surface area contributed by atoms with Crippen molar-refractivity contribution < 1.29 is 102 Å². The highest BCUT2D eigenvalue weighted by Crippen LogP contribution is 2.35. The molecule has 0 unspecified atom stereocenters. The maximum absolute atomic E-state index is 14.2. The van der Waals surface area contributed by atoms with Crippen LogP contribution in [0.5, 0.6) is 11.5 Å². The van der Waals surface area contributed by atoms with Gasteiger partial charge in [0.1, 0.15) is 30.9 Å². The molecule has 0 saturated carbocycles. The van der Waals surface area contributed by atoms with Crippen molar-refractivity contribution >= 4 is 70.1 Å². The van der Waals surface area contributed by atoms with Crippen LogP contribution in [0.25, 0.3) is 0 Å². The van der Waals surface area contributed by atoms with Crippen molar-refractivity contribution in [3.8, 4) is 11.5 Å². The fourth-order valence-corrected chi connectivity index (χ4v) is 11.2. The topological polar surface area (TPSA) is 249 Å². The van der Waals surface area contributed by atoms with Crippen molar-refractivity contribution in [2.45, 2.75) is 129 Å². The minimum atomic E-state index is -1.91. The molecule has 6 aromatic carbocycles. The minimum absolute atomic E-state index is 0.0282. The summed E-state index contributed by atoms with van der Waals surface area (Å²) in [7, 11) is 0. The van der Waals surface area contributed by atoms with Gasteiger partial charge in [-0.05, 0) is 90.0 Å². The maximum atomic E-state index is 14.2. The summed E-state index contributed by atoms with van der Waals surface area (Å²) in [5.74, 6) is -29.2. The molecule has 2 aliphatic rings. The lowest BCUT2D eigenvalue weighted by molar-refractivity contribution is -0.156.